The van der Waals surface area contributed by atoms with Crippen LogP contribution in [0.2, 0.25) is 0 Å². The van der Waals surface area contributed by atoms with Crippen molar-refractivity contribution < 1.29 is 23.7 Å². The van der Waals surface area contributed by atoms with Crippen molar-refractivity contribution in [1.82, 2.24) is 5.32 Å². The predicted octanol–water partition coefficient (Wildman–Crippen LogP) is 3.79. The highest BCUT2D eigenvalue weighted by Gasteiger charge is 2.17. The number of methoxy groups -OCH3 is 3. The number of carbonyl (C=O) groups is 1. The SMILES string of the molecule is C=C(C)COc1ccc(NC(=S)NC(=O)c2cc(OC)c(OC)c(OC)c2)cc1. The summed E-state index contributed by atoms with van der Waals surface area (Å²) in [5.74, 6) is 1.46. The molecular weight excluding hydrogens is 392 g/mol. The van der Waals surface area contributed by atoms with E-state index in [1.54, 1.807) is 36.4 Å². The molecular formula is C21H24N2O5S. The number of thiocarbonyl (C=S) groups is 1. The fourth-order valence-electron chi connectivity index (χ4n) is 2.39. The Labute approximate surface area is 175 Å². The number of anilines is 1. The van der Waals surface area contributed by atoms with Gasteiger partial charge in [-0.05, 0) is 61.1 Å². The van der Waals surface area contributed by atoms with Crippen molar-refractivity contribution in [2.75, 3.05) is 33.3 Å². The minimum absolute atomic E-state index is 0.152. The van der Waals surface area contributed by atoms with E-state index in [1.165, 1.54) is 21.3 Å². The Hall–Kier alpha value is -3.26. The first-order chi connectivity index (χ1) is 13.9. The van der Waals surface area contributed by atoms with Gasteiger partial charge in [0.1, 0.15) is 12.4 Å². The Morgan fingerprint density at radius 1 is 1.03 bits per heavy atom. The molecule has 0 aromatic heterocycles. The van der Waals surface area contributed by atoms with Gasteiger partial charge in [-0.3, -0.25) is 10.1 Å². The van der Waals surface area contributed by atoms with E-state index in [1.807, 2.05) is 6.92 Å². The fraction of sp³-hybridized carbons (Fsp3) is 0.238. The standard InChI is InChI=1S/C21H24N2O5S/c1-13(2)12-28-16-8-6-15(7-9-16)22-21(29)23-20(24)14-10-17(25-3)19(27-5)18(11-14)26-4/h6-11H,1,12H2,2-5H3,(H2,22,23,24,29). The molecule has 29 heavy (non-hydrogen) atoms. The maximum atomic E-state index is 12.6. The van der Waals surface area contributed by atoms with Crippen molar-refractivity contribution >= 4 is 28.9 Å². The van der Waals surface area contributed by atoms with Crippen LogP contribution in [-0.4, -0.2) is 39.0 Å². The third-order valence-electron chi connectivity index (χ3n) is 3.75. The van der Waals surface area contributed by atoms with Crippen LogP contribution in [0.15, 0.2) is 48.6 Å². The van der Waals surface area contributed by atoms with Gasteiger partial charge in [0.05, 0.1) is 21.3 Å². The molecule has 0 radical (unpaired) electrons. The van der Waals surface area contributed by atoms with Crippen LogP contribution >= 0.6 is 12.2 Å². The van der Waals surface area contributed by atoms with Gasteiger partial charge in [-0.2, -0.15) is 0 Å². The van der Waals surface area contributed by atoms with Gasteiger partial charge in [0.15, 0.2) is 16.6 Å². The molecule has 154 valence electrons. The molecule has 0 saturated heterocycles. The second-order valence-corrected chi connectivity index (χ2v) is 6.50. The average molecular weight is 416 g/mol. The van der Waals surface area contributed by atoms with E-state index in [-0.39, 0.29) is 5.11 Å². The monoisotopic (exact) mass is 416 g/mol. The second-order valence-electron chi connectivity index (χ2n) is 6.09. The van der Waals surface area contributed by atoms with Gasteiger partial charge in [-0.1, -0.05) is 6.58 Å². The molecule has 0 fully saturated rings. The third kappa shape index (κ3) is 6.11. The summed E-state index contributed by atoms with van der Waals surface area (Å²) in [4.78, 5) is 12.6. The summed E-state index contributed by atoms with van der Waals surface area (Å²) in [5, 5.41) is 5.73. The molecule has 1 amide bonds. The number of benzene rings is 2. The first-order valence-corrected chi connectivity index (χ1v) is 9.08. The van der Waals surface area contributed by atoms with Crippen molar-refractivity contribution in [1.29, 1.82) is 0 Å². The summed E-state index contributed by atoms with van der Waals surface area (Å²) < 4.78 is 21.3. The molecule has 0 saturated carbocycles. The van der Waals surface area contributed by atoms with Crippen molar-refractivity contribution in [2.24, 2.45) is 0 Å². The van der Waals surface area contributed by atoms with Gasteiger partial charge in [-0.15, -0.1) is 0 Å². The van der Waals surface area contributed by atoms with Gasteiger partial charge >= 0.3 is 0 Å². The molecule has 0 aliphatic heterocycles. The maximum absolute atomic E-state index is 12.6. The molecule has 2 aromatic carbocycles. The number of rotatable bonds is 8. The Morgan fingerprint density at radius 3 is 2.10 bits per heavy atom. The second kappa shape index (κ2) is 10.3. The summed E-state index contributed by atoms with van der Waals surface area (Å²) in [5.41, 5.74) is 1.96. The number of amides is 1. The number of hydrogen-bond acceptors (Lipinski definition) is 6. The molecule has 7 nitrogen and oxygen atoms in total. The van der Waals surface area contributed by atoms with Crippen LogP contribution in [0.5, 0.6) is 23.0 Å². The molecule has 8 heteroatoms. The van der Waals surface area contributed by atoms with Gasteiger partial charge in [0, 0.05) is 11.3 Å². The lowest BCUT2D eigenvalue weighted by molar-refractivity contribution is 0.0977. The largest absolute Gasteiger partial charge is 0.493 e. The minimum Gasteiger partial charge on any atom is -0.493 e. The molecule has 0 aliphatic carbocycles. The first kappa shape index (κ1) is 22.0. The lowest BCUT2D eigenvalue weighted by Gasteiger charge is -2.15. The van der Waals surface area contributed by atoms with Crippen LogP contribution in [0, 0.1) is 0 Å². The van der Waals surface area contributed by atoms with E-state index in [2.05, 4.69) is 17.2 Å². The van der Waals surface area contributed by atoms with Crippen LogP contribution in [0.25, 0.3) is 0 Å². The Bertz CT molecular complexity index is 871. The predicted molar refractivity (Wildman–Crippen MR) is 117 cm³/mol. The zero-order valence-corrected chi connectivity index (χ0v) is 17.6. The van der Waals surface area contributed by atoms with Crippen molar-refractivity contribution in [3.63, 3.8) is 0 Å². The highest BCUT2D eigenvalue weighted by molar-refractivity contribution is 7.80. The summed E-state index contributed by atoms with van der Waals surface area (Å²) >= 11 is 5.23. The lowest BCUT2D eigenvalue weighted by atomic mass is 10.1. The summed E-state index contributed by atoms with van der Waals surface area (Å²) in [7, 11) is 4.46. The smallest absolute Gasteiger partial charge is 0.257 e. The van der Waals surface area contributed by atoms with E-state index < -0.39 is 5.91 Å². The van der Waals surface area contributed by atoms with Crippen molar-refractivity contribution in [2.45, 2.75) is 6.92 Å². The quantitative estimate of drug-likeness (QED) is 0.501. The molecule has 0 heterocycles. The van der Waals surface area contributed by atoms with E-state index in [0.29, 0.717) is 40.9 Å². The molecule has 0 atom stereocenters. The number of carbonyl (C=O) groups excluding carboxylic acids is 1. The van der Waals surface area contributed by atoms with Gasteiger partial charge in [-0.25, -0.2) is 0 Å². The van der Waals surface area contributed by atoms with E-state index >= 15 is 0 Å². The van der Waals surface area contributed by atoms with E-state index in [4.69, 9.17) is 31.2 Å². The number of ether oxygens (including phenoxy) is 4. The highest BCUT2D eigenvalue weighted by Crippen LogP contribution is 2.38. The molecule has 2 N–H and O–H groups in total. The first-order valence-electron chi connectivity index (χ1n) is 8.67. The Morgan fingerprint density at radius 2 is 1.62 bits per heavy atom. The summed E-state index contributed by atoms with van der Waals surface area (Å²) in [6, 6.07) is 10.3. The highest BCUT2D eigenvalue weighted by atomic mass is 32.1. The topological polar surface area (TPSA) is 78.1 Å². The molecule has 2 aromatic rings. The molecule has 0 bridgehead atoms. The fourth-order valence-corrected chi connectivity index (χ4v) is 2.60. The third-order valence-corrected chi connectivity index (χ3v) is 3.96. The van der Waals surface area contributed by atoms with E-state index in [9.17, 15) is 4.79 Å². The zero-order chi connectivity index (χ0) is 21.4. The van der Waals surface area contributed by atoms with Crippen molar-refractivity contribution in [3.8, 4) is 23.0 Å². The molecule has 0 spiro atoms. The van der Waals surface area contributed by atoms with E-state index in [0.717, 1.165) is 5.57 Å². The van der Waals surface area contributed by atoms with Crippen LogP contribution in [-0.2, 0) is 0 Å². The van der Waals surface area contributed by atoms with Gasteiger partial charge in [0.2, 0.25) is 5.75 Å². The molecule has 2 rings (SSSR count). The van der Waals surface area contributed by atoms with Crippen LogP contribution < -0.4 is 29.6 Å². The van der Waals surface area contributed by atoms with Crippen LogP contribution in [0.1, 0.15) is 17.3 Å². The molecule has 0 aliphatic rings. The van der Waals surface area contributed by atoms with Crippen molar-refractivity contribution in [3.05, 3.63) is 54.1 Å². The number of hydrogen-bond donors (Lipinski definition) is 2. The van der Waals surface area contributed by atoms with Crippen LogP contribution in [0.4, 0.5) is 5.69 Å². The van der Waals surface area contributed by atoms with Crippen LogP contribution in [0.3, 0.4) is 0 Å². The lowest BCUT2D eigenvalue weighted by Crippen LogP contribution is -2.34. The van der Waals surface area contributed by atoms with Gasteiger partial charge in [0.25, 0.3) is 5.91 Å². The zero-order valence-electron chi connectivity index (χ0n) is 16.8. The van der Waals surface area contributed by atoms with Gasteiger partial charge < -0.3 is 24.3 Å². The maximum Gasteiger partial charge on any atom is 0.257 e. The Balaban J connectivity index is 2.03. The normalized spacial score (nSPS) is 9.93. The average Bonchev–Trinajstić information content (AvgIpc) is 2.71. The molecule has 0 unspecified atom stereocenters. The number of nitrogens with one attached hydrogen (secondary N) is 2. The minimum atomic E-state index is -0.414. The summed E-state index contributed by atoms with van der Waals surface area (Å²) in [6.07, 6.45) is 0. The Kier molecular flexibility index (Phi) is 7.85. The summed E-state index contributed by atoms with van der Waals surface area (Å²) in [6.45, 7) is 6.14.